The van der Waals surface area contributed by atoms with Gasteiger partial charge in [0, 0.05) is 19.0 Å². The molecular formula is C12H26ClNO3S. The van der Waals surface area contributed by atoms with Crippen LogP contribution in [0, 0.1) is 5.41 Å². The summed E-state index contributed by atoms with van der Waals surface area (Å²) in [5, 5.41) is 0. The third-order valence-corrected chi connectivity index (χ3v) is 4.66. The lowest BCUT2D eigenvalue weighted by atomic mass is 9.94. The quantitative estimate of drug-likeness (QED) is 0.485. The lowest BCUT2D eigenvalue weighted by molar-refractivity contribution is 0.137. The van der Waals surface area contributed by atoms with E-state index in [2.05, 4.69) is 0 Å². The van der Waals surface area contributed by atoms with Crippen LogP contribution >= 0.6 is 11.6 Å². The van der Waals surface area contributed by atoms with Crippen molar-refractivity contribution in [2.24, 2.45) is 5.41 Å². The second kappa shape index (κ2) is 8.35. The Labute approximate surface area is 117 Å². The third kappa shape index (κ3) is 8.29. The molecule has 110 valence electrons. The molecule has 0 radical (unpaired) electrons. The van der Waals surface area contributed by atoms with E-state index in [4.69, 9.17) is 16.3 Å². The first-order valence-electron chi connectivity index (χ1n) is 6.34. The van der Waals surface area contributed by atoms with E-state index in [0.29, 0.717) is 38.6 Å². The Morgan fingerprint density at radius 1 is 1.22 bits per heavy atom. The predicted molar refractivity (Wildman–Crippen MR) is 76.6 cm³/mol. The smallest absolute Gasteiger partial charge is 0.214 e. The van der Waals surface area contributed by atoms with Gasteiger partial charge in [-0.1, -0.05) is 27.7 Å². The van der Waals surface area contributed by atoms with Crippen molar-refractivity contribution in [2.75, 3.05) is 37.9 Å². The highest BCUT2D eigenvalue weighted by Crippen LogP contribution is 2.20. The van der Waals surface area contributed by atoms with Crippen LogP contribution in [0.25, 0.3) is 0 Å². The maximum Gasteiger partial charge on any atom is 0.214 e. The van der Waals surface area contributed by atoms with Crippen molar-refractivity contribution in [3.05, 3.63) is 0 Å². The topological polar surface area (TPSA) is 46.6 Å². The molecule has 4 nitrogen and oxygen atoms in total. The molecule has 0 N–H and O–H groups in total. The standard InChI is InChI=1S/C12H26ClNO3S/c1-5-14(8-10-17-9-7-13)18(15,16)11-6-12(2,3)4/h5-11H2,1-4H3. The Morgan fingerprint density at radius 3 is 2.28 bits per heavy atom. The fourth-order valence-electron chi connectivity index (χ4n) is 1.38. The molecule has 0 aromatic heterocycles. The maximum absolute atomic E-state index is 12.1. The molecule has 0 fully saturated rings. The molecule has 0 saturated carbocycles. The van der Waals surface area contributed by atoms with E-state index in [9.17, 15) is 8.42 Å². The minimum Gasteiger partial charge on any atom is -0.379 e. The van der Waals surface area contributed by atoms with Gasteiger partial charge < -0.3 is 4.74 Å². The van der Waals surface area contributed by atoms with E-state index in [-0.39, 0.29) is 11.2 Å². The zero-order valence-electron chi connectivity index (χ0n) is 11.9. The third-order valence-electron chi connectivity index (χ3n) is 2.56. The van der Waals surface area contributed by atoms with E-state index in [1.54, 1.807) is 0 Å². The number of ether oxygens (including phenoxy) is 1. The fraction of sp³-hybridized carbons (Fsp3) is 1.00. The van der Waals surface area contributed by atoms with Crippen LogP contribution in [-0.4, -0.2) is 50.7 Å². The lowest BCUT2D eigenvalue weighted by Crippen LogP contribution is -2.36. The van der Waals surface area contributed by atoms with Gasteiger partial charge >= 0.3 is 0 Å². The first-order valence-corrected chi connectivity index (χ1v) is 8.49. The molecule has 0 rings (SSSR count). The molecule has 0 aromatic carbocycles. The SMILES string of the molecule is CCN(CCOCCCl)S(=O)(=O)CCC(C)(C)C. The Hall–Kier alpha value is 0.160. The van der Waals surface area contributed by atoms with Crippen LogP contribution in [0.1, 0.15) is 34.1 Å². The van der Waals surface area contributed by atoms with Crippen LogP contribution in [0.15, 0.2) is 0 Å². The number of rotatable bonds is 9. The molecule has 0 saturated heterocycles. The second-order valence-electron chi connectivity index (χ2n) is 5.42. The Balaban J connectivity index is 4.26. The van der Waals surface area contributed by atoms with E-state index in [0.717, 1.165) is 0 Å². The number of hydrogen-bond acceptors (Lipinski definition) is 3. The van der Waals surface area contributed by atoms with Crippen molar-refractivity contribution in [1.29, 1.82) is 0 Å². The molecule has 0 amide bonds. The van der Waals surface area contributed by atoms with E-state index in [1.807, 2.05) is 27.7 Å². The Bertz CT molecular complexity index is 312. The largest absolute Gasteiger partial charge is 0.379 e. The van der Waals surface area contributed by atoms with Crippen molar-refractivity contribution in [1.82, 2.24) is 4.31 Å². The average molecular weight is 300 g/mol. The van der Waals surface area contributed by atoms with Crippen LogP contribution in [0.5, 0.6) is 0 Å². The minimum absolute atomic E-state index is 0.0294. The van der Waals surface area contributed by atoms with Gasteiger partial charge in [0.25, 0.3) is 0 Å². The molecular weight excluding hydrogens is 274 g/mol. The average Bonchev–Trinajstić information content (AvgIpc) is 2.25. The van der Waals surface area contributed by atoms with Gasteiger partial charge in [-0.05, 0) is 11.8 Å². The summed E-state index contributed by atoms with van der Waals surface area (Å²) < 4.78 is 30.9. The molecule has 18 heavy (non-hydrogen) atoms. The van der Waals surface area contributed by atoms with Gasteiger partial charge in [0.05, 0.1) is 19.0 Å². The first kappa shape index (κ1) is 18.2. The van der Waals surface area contributed by atoms with Crippen molar-refractivity contribution in [2.45, 2.75) is 34.1 Å². The highest BCUT2D eigenvalue weighted by Gasteiger charge is 2.23. The summed E-state index contributed by atoms with van der Waals surface area (Å²) in [6.45, 7) is 9.72. The van der Waals surface area contributed by atoms with Gasteiger partial charge in [-0.2, -0.15) is 4.31 Å². The van der Waals surface area contributed by atoms with Gasteiger partial charge in [0.1, 0.15) is 0 Å². The van der Waals surface area contributed by atoms with Crippen LogP contribution in [0.2, 0.25) is 0 Å². The molecule has 0 heterocycles. The number of alkyl halides is 1. The first-order chi connectivity index (χ1) is 8.23. The molecule has 0 aliphatic rings. The van der Waals surface area contributed by atoms with Crippen LogP contribution in [0.4, 0.5) is 0 Å². The second-order valence-corrected chi connectivity index (χ2v) is 7.89. The summed E-state index contributed by atoms with van der Waals surface area (Å²) >= 11 is 5.48. The summed E-state index contributed by atoms with van der Waals surface area (Å²) in [6, 6.07) is 0. The van der Waals surface area contributed by atoms with Gasteiger partial charge in [-0.15, -0.1) is 11.6 Å². The molecule has 0 atom stereocenters. The zero-order valence-corrected chi connectivity index (χ0v) is 13.5. The van der Waals surface area contributed by atoms with E-state index < -0.39 is 10.0 Å². The summed E-state index contributed by atoms with van der Waals surface area (Å²) in [7, 11) is -3.17. The summed E-state index contributed by atoms with van der Waals surface area (Å²) in [5.74, 6) is 0.628. The fourth-order valence-corrected chi connectivity index (χ4v) is 3.36. The van der Waals surface area contributed by atoms with Gasteiger partial charge in [-0.3, -0.25) is 0 Å². The highest BCUT2D eigenvalue weighted by atomic mass is 35.5. The summed E-state index contributed by atoms with van der Waals surface area (Å²) in [4.78, 5) is 0. The van der Waals surface area contributed by atoms with Crippen molar-refractivity contribution < 1.29 is 13.2 Å². The van der Waals surface area contributed by atoms with Crippen molar-refractivity contribution in [3.8, 4) is 0 Å². The van der Waals surface area contributed by atoms with Gasteiger partial charge in [0.15, 0.2) is 0 Å². The summed E-state index contributed by atoms with van der Waals surface area (Å²) in [6.07, 6.45) is 0.661. The molecule has 0 unspecified atom stereocenters. The van der Waals surface area contributed by atoms with E-state index >= 15 is 0 Å². The molecule has 0 spiro atoms. The molecule has 0 aliphatic carbocycles. The number of likely N-dealkylation sites (N-methyl/N-ethyl adjacent to an activating group) is 1. The Kier molecular flexibility index (Phi) is 8.43. The predicted octanol–water partition coefficient (Wildman–Crippen LogP) is 2.33. The molecule has 0 aliphatic heterocycles. The normalized spacial score (nSPS) is 13.2. The molecule has 6 heteroatoms. The molecule has 0 bridgehead atoms. The van der Waals surface area contributed by atoms with Crippen LogP contribution in [0.3, 0.4) is 0 Å². The number of nitrogens with zero attached hydrogens (tertiary/aromatic N) is 1. The van der Waals surface area contributed by atoms with Crippen LogP contribution in [-0.2, 0) is 14.8 Å². The van der Waals surface area contributed by atoms with Crippen molar-refractivity contribution >= 4 is 21.6 Å². The monoisotopic (exact) mass is 299 g/mol. The number of sulfonamides is 1. The van der Waals surface area contributed by atoms with Crippen molar-refractivity contribution in [3.63, 3.8) is 0 Å². The highest BCUT2D eigenvalue weighted by molar-refractivity contribution is 7.89. The maximum atomic E-state index is 12.1. The van der Waals surface area contributed by atoms with Gasteiger partial charge in [-0.25, -0.2) is 8.42 Å². The molecule has 0 aromatic rings. The lowest BCUT2D eigenvalue weighted by Gasteiger charge is -2.23. The van der Waals surface area contributed by atoms with E-state index in [1.165, 1.54) is 4.31 Å². The number of hydrogen-bond donors (Lipinski definition) is 0. The number of halogens is 1. The minimum atomic E-state index is -3.17. The van der Waals surface area contributed by atoms with Gasteiger partial charge in [0.2, 0.25) is 10.0 Å². The zero-order chi connectivity index (χ0) is 14.2. The van der Waals surface area contributed by atoms with Crippen LogP contribution < -0.4 is 0 Å². The Morgan fingerprint density at radius 2 is 1.83 bits per heavy atom. The summed E-state index contributed by atoms with van der Waals surface area (Å²) in [5.41, 5.74) is 0.0294.